The van der Waals surface area contributed by atoms with Crippen LogP contribution in [-0.2, 0) is 7.05 Å². The molecule has 3 heteroatoms. The van der Waals surface area contributed by atoms with Crippen molar-refractivity contribution in [2.24, 2.45) is 12.0 Å². The van der Waals surface area contributed by atoms with Crippen LogP contribution in [-0.4, -0.2) is 16.3 Å². The minimum atomic E-state index is 0.0129. The summed E-state index contributed by atoms with van der Waals surface area (Å²) in [7, 11) is 2.03. The third-order valence-electron chi connectivity index (χ3n) is 6.01. The second-order valence-corrected chi connectivity index (χ2v) is 8.02. The lowest BCUT2D eigenvalue weighted by Crippen LogP contribution is -2.09. The van der Waals surface area contributed by atoms with E-state index in [9.17, 15) is 0 Å². The Balaban J connectivity index is 2.27. The molecule has 0 fully saturated rings. The number of benzene rings is 2. The zero-order valence-corrected chi connectivity index (χ0v) is 20.1. The van der Waals surface area contributed by atoms with Gasteiger partial charge in [-0.1, -0.05) is 74.2 Å². The van der Waals surface area contributed by atoms with Crippen LogP contribution in [0.2, 0.25) is 0 Å². The standard InChI is InChI=1S/C30H33N3/c1-7-13-24(14-8-2)30(29-20-32-21-33(29)6)25-17-18-28(31-5)27(19-25)22(4)26(9-3)23-15-11-10-12-16-23/h7-8,10-21,30H,1,5,9H2,2-4,6H3/b14-8-,24-13+,26-22+. The summed E-state index contributed by atoms with van der Waals surface area (Å²) in [5.41, 5.74) is 9.21. The number of rotatable bonds is 9. The van der Waals surface area contributed by atoms with E-state index < -0.39 is 0 Å². The first kappa shape index (κ1) is 23.9. The van der Waals surface area contributed by atoms with Gasteiger partial charge in [-0.3, -0.25) is 4.99 Å². The highest BCUT2D eigenvalue weighted by molar-refractivity contribution is 5.93. The number of aromatic nitrogens is 2. The fraction of sp³-hybridized carbons (Fsp3) is 0.200. The van der Waals surface area contributed by atoms with Crippen LogP contribution in [0.15, 0.2) is 103 Å². The number of imidazole rings is 1. The summed E-state index contributed by atoms with van der Waals surface area (Å²) in [5.74, 6) is 0.0129. The van der Waals surface area contributed by atoms with E-state index in [4.69, 9.17) is 0 Å². The van der Waals surface area contributed by atoms with E-state index in [-0.39, 0.29) is 5.92 Å². The summed E-state index contributed by atoms with van der Waals surface area (Å²) in [4.78, 5) is 8.74. The van der Waals surface area contributed by atoms with Crippen molar-refractivity contribution in [1.82, 2.24) is 9.55 Å². The predicted molar refractivity (Wildman–Crippen MR) is 143 cm³/mol. The minimum absolute atomic E-state index is 0.0129. The van der Waals surface area contributed by atoms with Gasteiger partial charge in [0.1, 0.15) is 0 Å². The molecule has 1 aromatic heterocycles. The molecule has 0 radical (unpaired) electrons. The van der Waals surface area contributed by atoms with Gasteiger partial charge in [-0.05, 0) is 67.0 Å². The van der Waals surface area contributed by atoms with E-state index in [0.717, 1.165) is 28.9 Å². The van der Waals surface area contributed by atoms with Crippen LogP contribution in [0.4, 0.5) is 5.69 Å². The molecule has 1 unspecified atom stereocenters. The Morgan fingerprint density at radius 2 is 1.94 bits per heavy atom. The molecule has 0 bridgehead atoms. The van der Waals surface area contributed by atoms with Crippen LogP contribution in [0.5, 0.6) is 0 Å². The molecule has 1 heterocycles. The van der Waals surface area contributed by atoms with Gasteiger partial charge in [-0.15, -0.1) is 0 Å². The predicted octanol–water partition coefficient (Wildman–Crippen LogP) is 7.91. The highest BCUT2D eigenvalue weighted by atomic mass is 15.0. The molecule has 0 N–H and O–H groups in total. The van der Waals surface area contributed by atoms with Crippen molar-refractivity contribution in [1.29, 1.82) is 0 Å². The first-order chi connectivity index (χ1) is 16.0. The van der Waals surface area contributed by atoms with Crippen LogP contribution in [0, 0.1) is 0 Å². The summed E-state index contributed by atoms with van der Waals surface area (Å²) in [5, 5.41) is 0. The molecule has 33 heavy (non-hydrogen) atoms. The van der Waals surface area contributed by atoms with Gasteiger partial charge in [-0.2, -0.15) is 0 Å². The van der Waals surface area contributed by atoms with Gasteiger partial charge < -0.3 is 4.57 Å². The smallest absolute Gasteiger partial charge is 0.0945 e. The Hall–Kier alpha value is -3.72. The molecule has 3 rings (SSSR count). The van der Waals surface area contributed by atoms with Crippen LogP contribution < -0.4 is 0 Å². The van der Waals surface area contributed by atoms with E-state index in [2.05, 4.69) is 108 Å². The molecule has 0 aliphatic carbocycles. The minimum Gasteiger partial charge on any atom is -0.337 e. The van der Waals surface area contributed by atoms with Gasteiger partial charge in [0.05, 0.1) is 17.9 Å². The molecule has 0 aliphatic rings. The maximum absolute atomic E-state index is 4.39. The molecule has 3 nitrogen and oxygen atoms in total. The van der Waals surface area contributed by atoms with Gasteiger partial charge in [-0.25, -0.2) is 4.98 Å². The van der Waals surface area contributed by atoms with Gasteiger partial charge in [0.2, 0.25) is 0 Å². The lowest BCUT2D eigenvalue weighted by Gasteiger charge is -2.22. The third-order valence-corrected chi connectivity index (χ3v) is 6.01. The summed E-state index contributed by atoms with van der Waals surface area (Å²) in [6.45, 7) is 14.2. The molecule has 0 amide bonds. The molecule has 0 saturated heterocycles. The van der Waals surface area contributed by atoms with E-state index in [1.54, 1.807) is 0 Å². The zero-order valence-electron chi connectivity index (χ0n) is 20.1. The molecular weight excluding hydrogens is 402 g/mol. The molecule has 2 aromatic carbocycles. The van der Waals surface area contributed by atoms with Crippen LogP contribution in [0.3, 0.4) is 0 Å². The second kappa shape index (κ2) is 11.2. The molecule has 0 aliphatic heterocycles. The van der Waals surface area contributed by atoms with Crippen LogP contribution >= 0.6 is 0 Å². The number of allylic oxidation sites excluding steroid dienone is 7. The normalized spacial score (nSPS) is 13.6. The zero-order chi connectivity index (χ0) is 23.8. The average molecular weight is 436 g/mol. The summed E-state index contributed by atoms with van der Waals surface area (Å²) in [6.07, 6.45) is 12.8. The maximum Gasteiger partial charge on any atom is 0.0945 e. The van der Waals surface area contributed by atoms with Crippen LogP contribution in [0.25, 0.3) is 11.1 Å². The largest absolute Gasteiger partial charge is 0.337 e. The Morgan fingerprint density at radius 1 is 1.18 bits per heavy atom. The van der Waals surface area contributed by atoms with Gasteiger partial charge >= 0.3 is 0 Å². The SMILES string of the molecule is C=C/C=C(\C=C/C)C(c1ccc(N=C)c(/C(C)=C(\CC)c2ccccc2)c1)c1cncn1C. The number of hydrogen-bond acceptors (Lipinski definition) is 2. The lowest BCUT2D eigenvalue weighted by atomic mass is 9.84. The van der Waals surface area contributed by atoms with E-state index in [1.165, 1.54) is 22.3 Å². The van der Waals surface area contributed by atoms with E-state index in [0.29, 0.717) is 0 Å². The quantitative estimate of drug-likeness (QED) is 0.191. The fourth-order valence-electron chi connectivity index (χ4n) is 4.42. The highest BCUT2D eigenvalue weighted by Crippen LogP contribution is 2.39. The van der Waals surface area contributed by atoms with Crippen molar-refractivity contribution in [3.63, 3.8) is 0 Å². The maximum atomic E-state index is 4.39. The molecule has 0 spiro atoms. The lowest BCUT2D eigenvalue weighted by molar-refractivity contribution is 0.792. The Labute approximate surface area is 198 Å². The van der Waals surface area contributed by atoms with Crippen molar-refractivity contribution in [3.8, 4) is 0 Å². The summed E-state index contributed by atoms with van der Waals surface area (Å²) in [6, 6.07) is 17.0. The number of hydrogen-bond donors (Lipinski definition) is 0. The van der Waals surface area contributed by atoms with Crippen molar-refractivity contribution < 1.29 is 0 Å². The summed E-state index contributed by atoms with van der Waals surface area (Å²) < 4.78 is 2.08. The first-order valence-electron chi connectivity index (χ1n) is 11.3. The van der Waals surface area contributed by atoms with E-state index >= 15 is 0 Å². The molecule has 3 aromatic rings. The summed E-state index contributed by atoms with van der Waals surface area (Å²) >= 11 is 0. The monoisotopic (exact) mass is 435 g/mol. The van der Waals surface area contributed by atoms with Gasteiger partial charge in [0, 0.05) is 24.5 Å². The highest BCUT2D eigenvalue weighted by Gasteiger charge is 2.22. The number of aliphatic imine (C=N–C) groups is 1. The van der Waals surface area contributed by atoms with Crippen molar-refractivity contribution in [3.05, 3.63) is 120 Å². The first-order valence-corrected chi connectivity index (χ1v) is 11.3. The van der Waals surface area contributed by atoms with E-state index in [1.807, 2.05) is 32.6 Å². The van der Waals surface area contributed by atoms with Gasteiger partial charge in [0.25, 0.3) is 0 Å². The molecule has 0 saturated carbocycles. The van der Waals surface area contributed by atoms with Crippen LogP contribution in [0.1, 0.15) is 55.5 Å². The van der Waals surface area contributed by atoms with Gasteiger partial charge in [0.15, 0.2) is 0 Å². The van der Waals surface area contributed by atoms with Crippen molar-refractivity contribution in [2.75, 3.05) is 0 Å². The van der Waals surface area contributed by atoms with Crippen molar-refractivity contribution >= 4 is 23.6 Å². The number of aryl methyl sites for hydroxylation is 1. The molecular formula is C30H33N3. The topological polar surface area (TPSA) is 30.2 Å². The Morgan fingerprint density at radius 3 is 2.52 bits per heavy atom. The third kappa shape index (κ3) is 5.20. The van der Waals surface area contributed by atoms with Crippen molar-refractivity contribution in [2.45, 2.75) is 33.1 Å². The molecule has 1 atom stereocenters. The molecule has 168 valence electrons. The second-order valence-electron chi connectivity index (χ2n) is 8.02. The number of nitrogens with zero attached hydrogens (tertiary/aromatic N) is 3. The Kier molecular flexibility index (Phi) is 8.15. The fourth-order valence-corrected chi connectivity index (χ4v) is 4.42. The Bertz CT molecular complexity index is 1210. The average Bonchev–Trinajstić information content (AvgIpc) is 3.26.